The van der Waals surface area contributed by atoms with E-state index < -0.39 is 11.9 Å². The smallest absolute Gasteiger partial charge is 0.236 e. The third kappa shape index (κ3) is 3.88. The van der Waals surface area contributed by atoms with Gasteiger partial charge in [0.05, 0.1) is 18.8 Å². The maximum Gasteiger partial charge on any atom is 0.236 e. The van der Waals surface area contributed by atoms with Gasteiger partial charge in [-0.25, -0.2) is 0 Å². The van der Waals surface area contributed by atoms with E-state index in [4.69, 9.17) is 5.73 Å². The highest BCUT2D eigenvalue weighted by Gasteiger charge is 2.31. The van der Waals surface area contributed by atoms with Crippen molar-refractivity contribution in [3.63, 3.8) is 0 Å². The molecule has 0 bridgehead atoms. The van der Waals surface area contributed by atoms with Gasteiger partial charge >= 0.3 is 0 Å². The van der Waals surface area contributed by atoms with Crippen LogP contribution in [0.2, 0.25) is 0 Å². The van der Waals surface area contributed by atoms with Crippen LogP contribution < -0.4 is 5.73 Å². The molecular formula is C18H23N5O2. The molecule has 0 unspecified atom stereocenters. The molecule has 2 heterocycles. The highest BCUT2D eigenvalue weighted by molar-refractivity contribution is 5.83. The average Bonchev–Trinajstić information content (AvgIpc) is 2.98. The molecule has 0 spiro atoms. The maximum absolute atomic E-state index is 12.6. The number of benzene rings is 1. The molecule has 1 aliphatic rings. The fraction of sp³-hybridized carbons (Fsp3) is 0.389. The molecule has 0 fully saturated rings. The zero-order chi connectivity index (χ0) is 18.0. The molecular weight excluding hydrogens is 318 g/mol. The third-order valence-electron chi connectivity index (χ3n) is 4.62. The first-order valence-electron chi connectivity index (χ1n) is 8.25. The van der Waals surface area contributed by atoms with Crippen LogP contribution in [0.3, 0.4) is 0 Å². The number of fused-ring (bicyclic) bond motifs is 1. The zero-order valence-electron chi connectivity index (χ0n) is 14.6. The molecule has 3 rings (SSSR count). The monoisotopic (exact) mass is 341 g/mol. The van der Waals surface area contributed by atoms with Crippen molar-refractivity contribution in [3.05, 3.63) is 53.3 Å². The summed E-state index contributed by atoms with van der Waals surface area (Å²) < 4.78 is 1.71. The largest absolute Gasteiger partial charge is 0.368 e. The van der Waals surface area contributed by atoms with Gasteiger partial charge in [0.2, 0.25) is 11.8 Å². The van der Waals surface area contributed by atoms with Crippen molar-refractivity contribution in [2.45, 2.75) is 25.6 Å². The van der Waals surface area contributed by atoms with Crippen molar-refractivity contribution in [1.82, 2.24) is 19.6 Å². The van der Waals surface area contributed by atoms with Gasteiger partial charge in [0.25, 0.3) is 0 Å². The van der Waals surface area contributed by atoms with E-state index in [1.165, 1.54) is 0 Å². The summed E-state index contributed by atoms with van der Waals surface area (Å²) in [6.45, 7) is 1.20. The number of nitrogens with two attached hydrogens (primary N) is 1. The van der Waals surface area contributed by atoms with Gasteiger partial charge in [-0.15, -0.1) is 0 Å². The van der Waals surface area contributed by atoms with Crippen molar-refractivity contribution >= 4 is 11.8 Å². The Labute approximate surface area is 147 Å². The number of nitrogens with zero attached hydrogens (tertiary/aromatic N) is 4. The predicted octanol–water partition coefficient (Wildman–Crippen LogP) is 0.291. The van der Waals surface area contributed by atoms with Crippen molar-refractivity contribution in [2.75, 3.05) is 13.6 Å². The fourth-order valence-electron chi connectivity index (χ4n) is 3.23. The van der Waals surface area contributed by atoms with Crippen LogP contribution in [0.5, 0.6) is 0 Å². The number of hydrogen-bond acceptors (Lipinski definition) is 4. The molecule has 1 aromatic heterocycles. The lowest BCUT2D eigenvalue weighted by Gasteiger charge is -2.35. The lowest BCUT2D eigenvalue weighted by Crippen LogP contribution is -2.51. The first kappa shape index (κ1) is 17.2. The van der Waals surface area contributed by atoms with E-state index in [1.807, 2.05) is 42.4 Å². The summed E-state index contributed by atoms with van der Waals surface area (Å²) in [5.74, 6) is -0.438. The van der Waals surface area contributed by atoms with Crippen LogP contribution in [0.4, 0.5) is 0 Å². The summed E-state index contributed by atoms with van der Waals surface area (Å²) in [5, 5.41) is 4.11. The van der Waals surface area contributed by atoms with Gasteiger partial charge in [-0.3, -0.25) is 19.2 Å². The second-order valence-corrected chi connectivity index (χ2v) is 6.57. The SMILES string of the molecule is CN(Cc1cnn(C)c1)C(=O)CN1Cc2ccccc2C[C@H]1C(N)=O. The van der Waals surface area contributed by atoms with E-state index in [0.717, 1.165) is 16.7 Å². The van der Waals surface area contributed by atoms with Gasteiger partial charge in [-0.2, -0.15) is 5.10 Å². The standard InChI is InChI=1S/C18H23N5O2/c1-21(9-13-8-20-22(2)10-13)17(24)12-23-11-15-6-4-3-5-14(15)7-16(23)18(19)25/h3-6,8,10,16H,7,9,11-12H2,1-2H3,(H2,19,25)/t16-/m0/s1. The Morgan fingerprint density at radius 3 is 2.68 bits per heavy atom. The molecule has 0 radical (unpaired) electrons. The van der Waals surface area contributed by atoms with Crippen LogP contribution in [-0.4, -0.2) is 51.0 Å². The Bertz CT molecular complexity index is 785. The fourth-order valence-corrected chi connectivity index (χ4v) is 3.23. The van der Waals surface area contributed by atoms with Gasteiger partial charge in [-0.05, 0) is 17.5 Å². The quantitative estimate of drug-likeness (QED) is 0.847. The molecule has 2 aromatic rings. The number of rotatable bonds is 5. The molecule has 2 amide bonds. The Morgan fingerprint density at radius 2 is 2.04 bits per heavy atom. The summed E-state index contributed by atoms with van der Waals surface area (Å²) >= 11 is 0. The number of carbonyl (C=O) groups excluding carboxylic acids is 2. The van der Waals surface area contributed by atoms with Crippen molar-refractivity contribution in [2.24, 2.45) is 12.8 Å². The summed E-state index contributed by atoms with van der Waals surface area (Å²) in [6, 6.07) is 7.52. The highest BCUT2D eigenvalue weighted by Crippen LogP contribution is 2.23. The number of primary amides is 1. The summed E-state index contributed by atoms with van der Waals surface area (Å²) in [5.41, 5.74) is 8.81. The summed E-state index contributed by atoms with van der Waals surface area (Å²) in [7, 11) is 3.60. The van der Waals surface area contributed by atoms with Crippen LogP contribution >= 0.6 is 0 Å². The predicted molar refractivity (Wildman–Crippen MR) is 93.2 cm³/mol. The molecule has 132 valence electrons. The molecule has 0 saturated carbocycles. The van der Waals surface area contributed by atoms with E-state index in [0.29, 0.717) is 19.5 Å². The number of likely N-dealkylation sites (N-methyl/N-ethyl adjacent to an activating group) is 1. The molecule has 7 nitrogen and oxygen atoms in total. The van der Waals surface area contributed by atoms with Crippen LogP contribution in [0, 0.1) is 0 Å². The Morgan fingerprint density at radius 1 is 1.32 bits per heavy atom. The molecule has 1 aromatic carbocycles. The third-order valence-corrected chi connectivity index (χ3v) is 4.62. The second kappa shape index (κ2) is 7.06. The molecule has 1 aliphatic heterocycles. The second-order valence-electron chi connectivity index (χ2n) is 6.57. The van der Waals surface area contributed by atoms with Crippen molar-refractivity contribution in [3.8, 4) is 0 Å². The van der Waals surface area contributed by atoms with Crippen LogP contribution in [0.1, 0.15) is 16.7 Å². The molecule has 1 atom stereocenters. The highest BCUT2D eigenvalue weighted by atomic mass is 16.2. The number of aryl methyl sites for hydroxylation is 1. The van der Waals surface area contributed by atoms with Gasteiger partial charge in [0.15, 0.2) is 0 Å². The van der Waals surface area contributed by atoms with Crippen LogP contribution in [0.15, 0.2) is 36.7 Å². The van der Waals surface area contributed by atoms with Gasteiger partial charge in [0.1, 0.15) is 0 Å². The van der Waals surface area contributed by atoms with E-state index in [1.54, 1.807) is 22.8 Å². The molecule has 0 aliphatic carbocycles. The minimum Gasteiger partial charge on any atom is -0.368 e. The maximum atomic E-state index is 12.6. The number of aromatic nitrogens is 2. The minimum absolute atomic E-state index is 0.0468. The average molecular weight is 341 g/mol. The molecule has 2 N–H and O–H groups in total. The topological polar surface area (TPSA) is 84.5 Å². The zero-order valence-corrected chi connectivity index (χ0v) is 14.6. The molecule has 0 saturated heterocycles. The Kier molecular flexibility index (Phi) is 4.85. The number of amides is 2. The lowest BCUT2D eigenvalue weighted by molar-refractivity contribution is -0.134. The van der Waals surface area contributed by atoms with Gasteiger partial charge in [-0.1, -0.05) is 24.3 Å². The minimum atomic E-state index is -0.453. The van der Waals surface area contributed by atoms with Gasteiger partial charge < -0.3 is 10.6 Å². The van der Waals surface area contributed by atoms with Crippen molar-refractivity contribution < 1.29 is 9.59 Å². The van der Waals surface area contributed by atoms with Crippen LogP contribution in [-0.2, 0) is 36.1 Å². The van der Waals surface area contributed by atoms with E-state index >= 15 is 0 Å². The van der Waals surface area contributed by atoms with E-state index in [2.05, 4.69) is 5.10 Å². The number of carbonyl (C=O) groups is 2. The van der Waals surface area contributed by atoms with Crippen molar-refractivity contribution in [1.29, 1.82) is 0 Å². The molecule has 25 heavy (non-hydrogen) atoms. The van der Waals surface area contributed by atoms with E-state index in [9.17, 15) is 9.59 Å². The number of hydrogen-bond donors (Lipinski definition) is 1. The van der Waals surface area contributed by atoms with Crippen LogP contribution in [0.25, 0.3) is 0 Å². The lowest BCUT2D eigenvalue weighted by atomic mass is 9.93. The normalized spacial score (nSPS) is 17.1. The summed E-state index contributed by atoms with van der Waals surface area (Å²) in [4.78, 5) is 28.0. The molecule has 7 heteroatoms. The Balaban J connectivity index is 1.69. The first-order chi connectivity index (χ1) is 11.9. The summed E-state index contributed by atoms with van der Waals surface area (Å²) in [6.07, 6.45) is 4.17. The van der Waals surface area contributed by atoms with Gasteiger partial charge in [0, 0.05) is 38.9 Å². The Hall–Kier alpha value is -2.67. The van der Waals surface area contributed by atoms with E-state index in [-0.39, 0.29) is 12.5 Å². The first-order valence-corrected chi connectivity index (χ1v) is 8.25.